The maximum Gasteiger partial charge on any atom is 0.110 e. The second-order valence-electron chi connectivity index (χ2n) is 4.54. The number of rotatable bonds is 2. The van der Waals surface area contributed by atoms with Crippen LogP contribution in [-0.4, -0.2) is 4.98 Å². The molecule has 0 fully saturated rings. The average Bonchev–Trinajstić information content (AvgIpc) is 2.75. The summed E-state index contributed by atoms with van der Waals surface area (Å²) in [4.78, 5) is 4.61. The van der Waals surface area contributed by atoms with E-state index >= 15 is 0 Å². The highest BCUT2D eigenvalue weighted by Gasteiger charge is 2.11. The van der Waals surface area contributed by atoms with Gasteiger partial charge in [0.2, 0.25) is 0 Å². The highest BCUT2D eigenvalue weighted by molar-refractivity contribution is 7.10. The Morgan fingerprint density at radius 3 is 2.47 bits per heavy atom. The van der Waals surface area contributed by atoms with Crippen molar-refractivity contribution in [2.75, 3.05) is 0 Å². The molecule has 2 rings (SSSR count). The highest BCUT2D eigenvalue weighted by Crippen LogP contribution is 2.29. The van der Waals surface area contributed by atoms with Crippen molar-refractivity contribution < 1.29 is 0 Å². The van der Waals surface area contributed by atoms with Gasteiger partial charge < -0.3 is 5.73 Å². The molecule has 2 nitrogen and oxygen atoms in total. The van der Waals surface area contributed by atoms with E-state index in [1.807, 2.05) is 6.92 Å². The van der Waals surface area contributed by atoms with E-state index in [1.165, 1.54) is 22.3 Å². The van der Waals surface area contributed by atoms with Crippen molar-refractivity contribution in [3.63, 3.8) is 0 Å². The van der Waals surface area contributed by atoms with Gasteiger partial charge in [0, 0.05) is 10.9 Å². The molecule has 0 radical (unpaired) electrons. The molecular formula is C14H18N2S. The molecule has 0 bridgehead atoms. The molecule has 0 saturated heterocycles. The van der Waals surface area contributed by atoms with Crippen LogP contribution in [0.5, 0.6) is 0 Å². The maximum atomic E-state index is 5.85. The Morgan fingerprint density at radius 2 is 1.88 bits per heavy atom. The van der Waals surface area contributed by atoms with Crippen molar-refractivity contribution in [2.45, 2.75) is 33.7 Å². The van der Waals surface area contributed by atoms with E-state index in [0.29, 0.717) is 0 Å². The van der Waals surface area contributed by atoms with Crippen LogP contribution in [0, 0.1) is 20.8 Å². The molecule has 1 aromatic carbocycles. The van der Waals surface area contributed by atoms with Crippen LogP contribution in [0.1, 0.15) is 34.7 Å². The molecule has 2 aromatic rings. The lowest BCUT2D eigenvalue weighted by Gasteiger charge is -2.09. The fourth-order valence-corrected chi connectivity index (χ4v) is 2.63. The van der Waals surface area contributed by atoms with Crippen LogP contribution in [-0.2, 0) is 0 Å². The molecule has 1 atom stereocenters. The Bertz CT molecular complexity index is 541. The Kier molecular flexibility index (Phi) is 3.31. The number of nitrogens with zero attached hydrogens (tertiary/aromatic N) is 1. The van der Waals surface area contributed by atoms with Crippen LogP contribution in [0.4, 0.5) is 0 Å². The number of hydrogen-bond acceptors (Lipinski definition) is 3. The number of nitrogens with two attached hydrogens (primary N) is 1. The van der Waals surface area contributed by atoms with Crippen LogP contribution < -0.4 is 5.73 Å². The minimum atomic E-state index is 0.0144. The first-order valence-electron chi connectivity index (χ1n) is 5.79. The van der Waals surface area contributed by atoms with Crippen LogP contribution in [0.2, 0.25) is 0 Å². The largest absolute Gasteiger partial charge is 0.322 e. The molecule has 1 aromatic heterocycles. The quantitative estimate of drug-likeness (QED) is 0.876. The molecule has 17 heavy (non-hydrogen) atoms. The molecule has 0 saturated carbocycles. The molecule has 1 heterocycles. The van der Waals surface area contributed by atoms with E-state index in [-0.39, 0.29) is 6.04 Å². The smallest absolute Gasteiger partial charge is 0.110 e. The van der Waals surface area contributed by atoms with Gasteiger partial charge in [0.05, 0.1) is 11.7 Å². The normalized spacial score (nSPS) is 12.8. The van der Waals surface area contributed by atoms with Gasteiger partial charge in [-0.3, -0.25) is 0 Å². The summed E-state index contributed by atoms with van der Waals surface area (Å²) in [5.74, 6) is 0. The summed E-state index contributed by atoms with van der Waals surface area (Å²) in [6, 6.07) is 4.32. The van der Waals surface area contributed by atoms with E-state index in [2.05, 4.69) is 43.3 Å². The van der Waals surface area contributed by atoms with Gasteiger partial charge in [-0.15, -0.1) is 11.3 Å². The second kappa shape index (κ2) is 4.59. The second-order valence-corrected chi connectivity index (χ2v) is 5.43. The fraction of sp³-hybridized carbons (Fsp3) is 0.357. The predicted molar refractivity (Wildman–Crippen MR) is 74.4 cm³/mol. The van der Waals surface area contributed by atoms with Crippen molar-refractivity contribution in [2.24, 2.45) is 5.73 Å². The average molecular weight is 246 g/mol. The van der Waals surface area contributed by atoms with Crippen LogP contribution in [0.25, 0.3) is 11.3 Å². The number of aromatic nitrogens is 1. The zero-order valence-electron chi connectivity index (χ0n) is 10.7. The van der Waals surface area contributed by atoms with E-state index in [9.17, 15) is 0 Å². The number of hydrogen-bond donors (Lipinski definition) is 1. The number of benzene rings is 1. The highest BCUT2D eigenvalue weighted by atomic mass is 32.1. The van der Waals surface area contributed by atoms with Gasteiger partial charge in [-0.2, -0.15) is 0 Å². The van der Waals surface area contributed by atoms with E-state index < -0.39 is 0 Å². The van der Waals surface area contributed by atoms with Gasteiger partial charge in [0.1, 0.15) is 5.01 Å². The predicted octanol–water partition coefficient (Wildman–Crippen LogP) is 3.76. The van der Waals surface area contributed by atoms with Gasteiger partial charge in [-0.1, -0.05) is 12.1 Å². The molecular weight excluding hydrogens is 228 g/mol. The number of aryl methyl sites for hydroxylation is 1. The summed E-state index contributed by atoms with van der Waals surface area (Å²) >= 11 is 1.64. The van der Waals surface area contributed by atoms with Gasteiger partial charge in [0.25, 0.3) is 0 Å². The summed E-state index contributed by atoms with van der Waals surface area (Å²) in [5.41, 5.74) is 12.1. The molecule has 0 aliphatic carbocycles. The van der Waals surface area contributed by atoms with Crippen LogP contribution in [0.15, 0.2) is 17.5 Å². The van der Waals surface area contributed by atoms with Gasteiger partial charge in [-0.25, -0.2) is 4.98 Å². The minimum Gasteiger partial charge on any atom is -0.322 e. The summed E-state index contributed by atoms with van der Waals surface area (Å²) in [7, 11) is 0. The standard InChI is InChI=1S/C14H18N2S/c1-8-5-6-12(10(3)9(8)2)13-7-17-14(16-13)11(4)15/h5-7,11H,15H2,1-4H3. The van der Waals surface area contributed by atoms with Crippen LogP contribution >= 0.6 is 11.3 Å². The van der Waals surface area contributed by atoms with Gasteiger partial charge in [-0.05, 0) is 44.4 Å². The maximum absolute atomic E-state index is 5.85. The molecule has 0 aliphatic heterocycles. The summed E-state index contributed by atoms with van der Waals surface area (Å²) < 4.78 is 0. The van der Waals surface area contributed by atoms with E-state index in [4.69, 9.17) is 5.73 Å². The van der Waals surface area contributed by atoms with Crippen molar-refractivity contribution in [3.8, 4) is 11.3 Å². The van der Waals surface area contributed by atoms with Gasteiger partial charge in [0.15, 0.2) is 0 Å². The third-order valence-electron chi connectivity index (χ3n) is 3.25. The first kappa shape index (κ1) is 12.3. The summed E-state index contributed by atoms with van der Waals surface area (Å²) in [6.07, 6.45) is 0. The zero-order valence-corrected chi connectivity index (χ0v) is 11.6. The third kappa shape index (κ3) is 2.26. The fourth-order valence-electron chi connectivity index (χ4n) is 1.85. The summed E-state index contributed by atoms with van der Waals surface area (Å²) in [5, 5.41) is 3.09. The van der Waals surface area contributed by atoms with Crippen molar-refractivity contribution in [3.05, 3.63) is 39.2 Å². The third-order valence-corrected chi connectivity index (χ3v) is 4.29. The van der Waals surface area contributed by atoms with Crippen molar-refractivity contribution in [1.82, 2.24) is 4.98 Å². The first-order chi connectivity index (χ1) is 8.00. The molecule has 2 N–H and O–H groups in total. The molecule has 0 spiro atoms. The van der Waals surface area contributed by atoms with E-state index in [0.717, 1.165) is 10.7 Å². The van der Waals surface area contributed by atoms with Gasteiger partial charge >= 0.3 is 0 Å². The Labute approximate surface area is 107 Å². The Morgan fingerprint density at radius 1 is 1.18 bits per heavy atom. The lowest BCUT2D eigenvalue weighted by Crippen LogP contribution is -2.04. The first-order valence-corrected chi connectivity index (χ1v) is 6.67. The SMILES string of the molecule is Cc1ccc(-c2csc(C(C)N)n2)c(C)c1C. The van der Waals surface area contributed by atoms with Crippen LogP contribution in [0.3, 0.4) is 0 Å². The Hall–Kier alpha value is -1.19. The molecule has 90 valence electrons. The molecule has 0 aliphatic rings. The topological polar surface area (TPSA) is 38.9 Å². The monoisotopic (exact) mass is 246 g/mol. The number of thiazole rings is 1. The molecule has 0 amide bonds. The lowest BCUT2D eigenvalue weighted by molar-refractivity contribution is 0.808. The summed E-state index contributed by atoms with van der Waals surface area (Å²) in [6.45, 7) is 8.42. The van der Waals surface area contributed by atoms with Crippen molar-refractivity contribution >= 4 is 11.3 Å². The minimum absolute atomic E-state index is 0.0144. The molecule has 1 unspecified atom stereocenters. The molecule has 3 heteroatoms. The zero-order chi connectivity index (χ0) is 12.6. The lowest BCUT2D eigenvalue weighted by atomic mass is 9.97. The van der Waals surface area contributed by atoms with Crippen molar-refractivity contribution in [1.29, 1.82) is 0 Å². The Balaban J connectivity index is 2.49. The van der Waals surface area contributed by atoms with E-state index in [1.54, 1.807) is 11.3 Å².